The van der Waals surface area contributed by atoms with E-state index >= 15 is 0 Å². The number of carbonyl (C=O) groups is 4. The zero-order chi connectivity index (χ0) is 43.2. The number of carbonyl (C=O) groups excluding carboxylic acids is 4. The number of fused-ring (bicyclic) bond motifs is 3. The average molecular weight is 868 g/mol. The molecule has 1 spiro atoms. The normalized spacial score (nSPS) is 24.9. The third-order valence-corrected chi connectivity index (χ3v) is 14.3. The van der Waals surface area contributed by atoms with Crippen LogP contribution >= 0.6 is 11.6 Å². The third kappa shape index (κ3) is 9.45. The van der Waals surface area contributed by atoms with E-state index in [2.05, 4.69) is 27.3 Å². The molecule has 3 heterocycles. The lowest BCUT2D eigenvalue weighted by Crippen LogP contribution is -2.70. The van der Waals surface area contributed by atoms with E-state index < -0.39 is 85.8 Å². The van der Waals surface area contributed by atoms with Gasteiger partial charge >= 0.3 is 12.3 Å². The SMILES string of the molecule is CCCCCC=CC1CCC1(NC(=O)C1CC2(CCc3c(c(C(F)(F)F)nc4ccc(Cl)cc34)O2)CN1C(=O)CNC(=O)OCC(C)(C)C)C(=O)NS(=O)(=O)C1(C)CC1. The van der Waals surface area contributed by atoms with Crippen molar-refractivity contribution in [2.75, 3.05) is 19.7 Å². The number of benzene rings is 1. The summed E-state index contributed by atoms with van der Waals surface area (Å²) in [5.74, 6) is -3.61. The van der Waals surface area contributed by atoms with Crippen LogP contribution < -0.4 is 20.1 Å². The van der Waals surface area contributed by atoms with E-state index in [1.807, 2.05) is 26.8 Å². The van der Waals surface area contributed by atoms with Crippen LogP contribution in [0.4, 0.5) is 18.0 Å². The second-order valence-corrected chi connectivity index (χ2v) is 20.5. The molecule has 1 aromatic carbocycles. The molecule has 0 bridgehead atoms. The summed E-state index contributed by atoms with van der Waals surface area (Å²) in [4.78, 5) is 60.4. The molecule has 13 nitrogen and oxygen atoms in total. The van der Waals surface area contributed by atoms with Crippen LogP contribution in [0.15, 0.2) is 30.4 Å². The van der Waals surface area contributed by atoms with E-state index in [1.165, 1.54) is 25.1 Å². The fraction of sp³-hybridized carbons (Fsp3) is 0.634. The van der Waals surface area contributed by atoms with Gasteiger partial charge in [-0.25, -0.2) is 18.2 Å². The van der Waals surface area contributed by atoms with Gasteiger partial charge in [0.1, 0.15) is 23.7 Å². The van der Waals surface area contributed by atoms with Gasteiger partial charge in [0, 0.05) is 28.3 Å². The quantitative estimate of drug-likeness (QED) is 0.146. The zero-order valence-corrected chi connectivity index (χ0v) is 35.6. The molecule has 4 aliphatic rings. The number of hydrogen-bond donors (Lipinski definition) is 3. The van der Waals surface area contributed by atoms with E-state index in [-0.39, 0.29) is 60.4 Å². The molecule has 3 fully saturated rings. The van der Waals surface area contributed by atoms with Crippen LogP contribution in [0, 0.1) is 11.3 Å². The number of sulfonamides is 1. The van der Waals surface area contributed by atoms with E-state index in [0.29, 0.717) is 31.1 Å². The minimum Gasteiger partial charge on any atom is -0.483 e. The van der Waals surface area contributed by atoms with Crippen molar-refractivity contribution >= 4 is 56.3 Å². The molecule has 3 N–H and O–H groups in total. The van der Waals surface area contributed by atoms with Gasteiger partial charge in [0.25, 0.3) is 5.91 Å². The van der Waals surface area contributed by atoms with Crippen LogP contribution in [0.25, 0.3) is 10.9 Å². The van der Waals surface area contributed by atoms with Crippen molar-refractivity contribution in [3.05, 3.63) is 46.6 Å². The number of pyridine rings is 1. The molecule has 1 aromatic heterocycles. The van der Waals surface area contributed by atoms with Gasteiger partial charge < -0.3 is 25.0 Å². The highest BCUT2D eigenvalue weighted by atomic mass is 35.5. The van der Waals surface area contributed by atoms with Gasteiger partial charge in [0.2, 0.25) is 21.8 Å². The summed E-state index contributed by atoms with van der Waals surface area (Å²) in [5.41, 5.74) is -4.57. The van der Waals surface area contributed by atoms with Crippen LogP contribution in [0.1, 0.15) is 110 Å². The average Bonchev–Trinajstić information content (AvgIpc) is 3.81. The molecule has 2 aliphatic heterocycles. The van der Waals surface area contributed by atoms with Gasteiger partial charge in [0.15, 0.2) is 11.4 Å². The molecule has 1 saturated heterocycles. The monoisotopic (exact) mass is 867 g/mol. The second-order valence-electron chi connectivity index (χ2n) is 17.9. The number of likely N-dealkylation sites (tertiary alicyclic amines) is 1. The molecule has 18 heteroatoms. The van der Waals surface area contributed by atoms with Crippen molar-refractivity contribution < 1.29 is 50.2 Å². The Labute approximate surface area is 347 Å². The van der Waals surface area contributed by atoms with Gasteiger partial charge in [-0.1, -0.05) is 64.3 Å². The van der Waals surface area contributed by atoms with Crippen molar-refractivity contribution in [3.8, 4) is 5.75 Å². The summed E-state index contributed by atoms with van der Waals surface area (Å²) < 4.78 is 83.1. The Morgan fingerprint density at radius 2 is 1.83 bits per heavy atom. The highest BCUT2D eigenvalue weighted by molar-refractivity contribution is 7.91. The highest BCUT2D eigenvalue weighted by Crippen LogP contribution is 2.49. The van der Waals surface area contributed by atoms with Crippen molar-refractivity contribution in [1.82, 2.24) is 25.2 Å². The maximum Gasteiger partial charge on any atom is 0.437 e. The number of unbranched alkanes of at least 4 members (excludes halogenated alkanes) is 3. The number of allylic oxidation sites excluding steroid dienone is 1. The predicted molar refractivity (Wildman–Crippen MR) is 214 cm³/mol. The lowest BCUT2D eigenvalue weighted by molar-refractivity contribution is -0.144. The Hall–Kier alpha value is -4.12. The third-order valence-electron chi connectivity index (χ3n) is 11.9. The number of alkyl carbamates (subject to hydrolysis) is 1. The van der Waals surface area contributed by atoms with Gasteiger partial charge in [-0.15, -0.1) is 0 Å². The van der Waals surface area contributed by atoms with E-state index in [1.54, 1.807) is 6.08 Å². The van der Waals surface area contributed by atoms with Crippen molar-refractivity contribution in [2.45, 2.75) is 133 Å². The fourth-order valence-electron chi connectivity index (χ4n) is 7.95. The van der Waals surface area contributed by atoms with Crippen molar-refractivity contribution in [2.24, 2.45) is 11.3 Å². The standard InChI is InChI=1S/C41H53ClF3N5O8S/c1-6-7-8-9-10-11-25-14-17-40(25,35(53)49-59(55,56)38(5)18-19-38)48-34(52)30-21-39(23-50(30)31(51)22-46-36(54)57-24-37(2,3)4)16-15-27-28-20-26(42)12-13-29(28)47-33(32(27)58-39)41(43,44)45/h10-13,20,25,30H,6-9,14-19,21-24H2,1-5H3,(H,46,54)(H,48,52)(H,49,53). The summed E-state index contributed by atoms with van der Waals surface area (Å²) in [7, 11) is -4.11. The number of nitrogens with one attached hydrogen (secondary N) is 3. The molecular weight excluding hydrogens is 815 g/mol. The highest BCUT2D eigenvalue weighted by Gasteiger charge is 2.59. The number of aryl methyl sites for hydroxylation is 1. The number of halogens is 4. The Kier molecular flexibility index (Phi) is 12.3. The second kappa shape index (κ2) is 16.4. The number of aromatic nitrogens is 1. The largest absolute Gasteiger partial charge is 0.483 e. The first-order chi connectivity index (χ1) is 27.5. The Balaban J connectivity index is 1.33. The summed E-state index contributed by atoms with van der Waals surface area (Å²) >= 11 is 6.24. The molecule has 4 unspecified atom stereocenters. The van der Waals surface area contributed by atoms with E-state index in [4.69, 9.17) is 21.1 Å². The summed E-state index contributed by atoms with van der Waals surface area (Å²) in [6.45, 7) is 8.22. The van der Waals surface area contributed by atoms with Gasteiger partial charge in [-0.05, 0) is 81.9 Å². The number of nitrogens with zero attached hydrogens (tertiary/aromatic N) is 2. The summed E-state index contributed by atoms with van der Waals surface area (Å²) in [5, 5.41) is 5.88. The lowest BCUT2D eigenvalue weighted by Gasteiger charge is -2.47. The van der Waals surface area contributed by atoms with Gasteiger partial charge in [-0.3, -0.25) is 19.1 Å². The number of amides is 4. The molecule has 2 aliphatic carbocycles. The van der Waals surface area contributed by atoms with Crippen LogP contribution in [-0.4, -0.2) is 83.7 Å². The van der Waals surface area contributed by atoms with Crippen molar-refractivity contribution in [1.29, 1.82) is 0 Å². The molecule has 0 radical (unpaired) electrons. The number of alkyl halides is 3. The van der Waals surface area contributed by atoms with Gasteiger partial charge in [0.05, 0.1) is 23.4 Å². The Morgan fingerprint density at radius 1 is 1.10 bits per heavy atom. The van der Waals surface area contributed by atoms with Crippen molar-refractivity contribution in [3.63, 3.8) is 0 Å². The Morgan fingerprint density at radius 3 is 2.46 bits per heavy atom. The smallest absolute Gasteiger partial charge is 0.437 e. The van der Waals surface area contributed by atoms with Gasteiger partial charge in [-0.2, -0.15) is 13.2 Å². The zero-order valence-electron chi connectivity index (χ0n) is 34.0. The van der Waals surface area contributed by atoms with E-state index in [9.17, 15) is 40.8 Å². The summed E-state index contributed by atoms with van der Waals surface area (Å²) in [6, 6.07) is 2.95. The first-order valence-corrected chi connectivity index (χ1v) is 22.0. The molecule has 324 valence electrons. The molecule has 4 amide bonds. The molecule has 6 rings (SSSR count). The molecule has 4 atom stereocenters. The molecule has 2 aromatic rings. The number of rotatable bonds is 13. The Bertz CT molecular complexity index is 2140. The van der Waals surface area contributed by atoms with Crippen LogP contribution in [-0.2, 0) is 41.7 Å². The molecular formula is C41H53ClF3N5O8S. The maximum atomic E-state index is 14.6. The fourth-order valence-corrected chi connectivity index (χ4v) is 9.43. The number of hydrogen-bond acceptors (Lipinski definition) is 9. The molecule has 59 heavy (non-hydrogen) atoms. The predicted octanol–water partition coefficient (Wildman–Crippen LogP) is 6.74. The lowest BCUT2D eigenvalue weighted by atomic mass is 9.65. The minimum atomic E-state index is -4.93. The topological polar surface area (TPSA) is 173 Å². The first kappa shape index (κ1) is 44.4. The molecule has 2 saturated carbocycles. The van der Waals surface area contributed by atoms with Crippen LogP contribution in [0.5, 0.6) is 5.75 Å². The van der Waals surface area contributed by atoms with Crippen LogP contribution in [0.2, 0.25) is 5.02 Å². The van der Waals surface area contributed by atoms with Crippen LogP contribution in [0.3, 0.4) is 0 Å². The maximum absolute atomic E-state index is 14.6. The summed E-state index contributed by atoms with van der Waals surface area (Å²) in [6.07, 6.45) is 2.63. The minimum absolute atomic E-state index is 0.0425. The van der Waals surface area contributed by atoms with E-state index in [0.717, 1.165) is 24.2 Å². The first-order valence-electron chi connectivity index (χ1n) is 20.2. The number of ether oxygens (including phenoxy) is 2.